The van der Waals surface area contributed by atoms with Gasteiger partial charge in [0.1, 0.15) is 11.8 Å². The Balaban J connectivity index is 1.41. The van der Waals surface area contributed by atoms with E-state index in [-0.39, 0.29) is 11.4 Å². The highest BCUT2D eigenvalue weighted by Crippen LogP contribution is 2.40. The average molecular weight is 575 g/mol. The number of methoxy groups -OCH3 is 1. The highest BCUT2D eigenvalue weighted by molar-refractivity contribution is 6.35. The number of ether oxygens (including phenoxy) is 2. The fourth-order valence-corrected chi connectivity index (χ4v) is 5.47. The van der Waals surface area contributed by atoms with Gasteiger partial charge in [0.2, 0.25) is 0 Å². The Labute approximate surface area is 235 Å². The molecule has 5 rings (SSSR count). The molecular weight excluding hydrogens is 546 g/mol. The van der Waals surface area contributed by atoms with E-state index in [0.29, 0.717) is 68.9 Å². The normalized spacial score (nSPS) is 16.2. The molecule has 1 fully saturated rings. The van der Waals surface area contributed by atoms with Crippen molar-refractivity contribution in [1.29, 1.82) is 0 Å². The molecule has 0 bridgehead atoms. The molecule has 0 unspecified atom stereocenters. The molecule has 0 amide bonds. The molecule has 1 saturated heterocycles. The van der Waals surface area contributed by atoms with Crippen LogP contribution in [0.15, 0.2) is 36.8 Å². The van der Waals surface area contributed by atoms with E-state index >= 15 is 4.39 Å². The molecule has 12 heteroatoms. The SMILES string of the molecule is COc1cc2[nH]nc(-c3cnc(N4CC(C)(NC[C@@H](C)O)C4)c(F)c3)c2cc1O[C@H](C)c1c(Cl)cncc1Cl. The number of H-pyrrole nitrogens is 1. The van der Waals surface area contributed by atoms with Crippen LogP contribution in [0.4, 0.5) is 10.2 Å². The first-order chi connectivity index (χ1) is 18.6. The lowest BCUT2D eigenvalue weighted by Crippen LogP contribution is -2.68. The van der Waals surface area contributed by atoms with Crippen LogP contribution < -0.4 is 19.7 Å². The van der Waals surface area contributed by atoms with Crippen LogP contribution >= 0.6 is 23.2 Å². The van der Waals surface area contributed by atoms with Gasteiger partial charge in [-0.15, -0.1) is 0 Å². The van der Waals surface area contributed by atoms with Crippen LogP contribution in [0.3, 0.4) is 0 Å². The van der Waals surface area contributed by atoms with Gasteiger partial charge in [0.15, 0.2) is 23.1 Å². The summed E-state index contributed by atoms with van der Waals surface area (Å²) in [6.45, 7) is 7.23. The maximum absolute atomic E-state index is 15.2. The first-order valence-electron chi connectivity index (χ1n) is 12.4. The zero-order valence-corrected chi connectivity index (χ0v) is 23.4. The number of fused-ring (bicyclic) bond motifs is 1. The highest BCUT2D eigenvalue weighted by Gasteiger charge is 2.40. The van der Waals surface area contributed by atoms with E-state index in [1.807, 2.05) is 18.7 Å². The zero-order chi connectivity index (χ0) is 27.9. The van der Waals surface area contributed by atoms with Crippen molar-refractivity contribution in [3.8, 4) is 22.8 Å². The van der Waals surface area contributed by atoms with Gasteiger partial charge in [-0.05, 0) is 32.9 Å². The van der Waals surface area contributed by atoms with Gasteiger partial charge < -0.3 is 24.8 Å². The summed E-state index contributed by atoms with van der Waals surface area (Å²) in [6.07, 6.45) is 3.67. The van der Waals surface area contributed by atoms with E-state index in [2.05, 4.69) is 25.5 Å². The third-order valence-corrected chi connectivity index (χ3v) is 7.35. The van der Waals surface area contributed by atoms with Gasteiger partial charge >= 0.3 is 0 Å². The van der Waals surface area contributed by atoms with Crippen molar-refractivity contribution < 1.29 is 19.0 Å². The van der Waals surface area contributed by atoms with E-state index in [1.165, 1.54) is 18.5 Å². The number of aliphatic hydroxyl groups is 1. The molecule has 0 radical (unpaired) electrons. The van der Waals surface area contributed by atoms with E-state index in [4.69, 9.17) is 32.7 Å². The maximum Gasteiger partial charge on any atom is 0.166 e. The van der Waals surface area contributed by atoms with Gasteiger partial charge in [-0.2, -0.15) is 5.10 Å². The predicted octanol–water partition coefficient (Wildman–Crippen LogP) is 5.16. The highest BCUT2D eigenvalue weighted by atomic mass is 35.5. The second kappa shape index (κ2) is 10.8. The molecule has 3 aromatic heterocycles. The molecule has 3 N–H and O–H groups in total. The van der Waals surface area contributed by atoms with Crippen LogP contribution in [0.5, 0.6) is 11.5 Å². The first-order valence-corrected chi connectivity index (χ1v) is 13.2. The second-order valence-corrected chi connectivity index (χ2v) is 10.9. The van der Waals surface area contributed by atoms with Gasteiger partial charge in [0.05, 0.1) is 34.3 Å². The molecule has 4 aromatic rings. The van der Waals surface area contributed by atoms with Gasteiger partial charge in [0, 0.05) is 60.8 Å². The van der Waals surface area contributed by atoms with Gasteiger partial charge in [-0.1, -0.05) is 23.2 Å². The number of rotatable bonds is 9. The largest absolute Gasteiger partial charge is 0.493 e. The average Bonchev–Trinajstić information content (AvgIpc) is 3.28. The molecule has 0 aliphatic carbocycles. The molecular formula is C27H29Cl2FN6O3. The van der Waals surface area contributed by atoms with Crippen LogP contribution in [-0.4, -0.2) is 63.7 Å². The van der Waals surface area contributed by atoms with E-state index < -0.39 is 18.0 Å². The standard InChI is InChI=1S/C27H29Cl2FN6O3/c1-14(37)8-33-27(3)12-36(13-27)26-20(30)5-16(9-32-26)25-17-6-23(22(38-4)7-21(17)34-35-25)39-15(2)24-18(28)10-31-11-19(24)29/h5-7,9-11,14-15,33,37H,8,12-13H2,1-4H3,(H,34,35)/t14-,15-/m1/s1. The lowest BCUT2D eigenvalue weighted by Gasteiger charge is -2.49. The Morgan fingerprint density at radius 1 is 1.15 bits per heavy atom. The summed E-state index contributed by atoms with van der Waals surface area (Å²) in [6, 6.07) is 4.98. The summed E-state index contributed by atoms with van der Waals surface area (Å²) in [5.74, 6) is 0.761. The minimum Gasteiger partial charge on any atom is -0.493 e. The first kappa shape index (κ1) is 27.4. The monoisotopic (exact) mass is 574 g/mol. The quantitative estimate of drug-likeness (QED) is 0.251. The molecule has 0 saturated carbocycles. The number of anilines is 1. The van der Waals surface area contributed by atoms with Gasteiger partial charge in [0.25, 0.3) is 0 Å². The van der Waals surface area contributed by atoms with Crippen LogP contribution in [0.1, 0.15) is 32.4 Å². The number of halogens is 3. The third-order valence-electron chi connectivity index (χ3n) is 6.75. The predicted molar refractivity (Wildman–Crippen MR) is 149 cm³/mol. The summed E-state index contributed by atoms with van der Waals surface area (Å²) in [7, 11) is 1.54. The van der Waals surface area contributed by atoms with Crippen LogP contribution in [0.25, 0.3) is 22.2 Å². The molecule has 2 atom stereocenters. The third kappa shape index (κ3) is 5.47. The van der Waals surface area contributed by atoms with Crippen molar-refractivity contribution in [2.75, 3.05) is 31.6 Å². The number of pyridine rings is 2. The van der Waals surface area contributed by atoms with E-state index in [9.17, 15) is 5.11 Å². The number of nitrogens with zero attached hydrogens (tertiary/aromatic N) is 4. The minimum absolute atomic E-state index is 0.209. The number of benzene rings is 1. The molecule has 1 aliphatic rings. The molecule has 4 heterocycles. The number of aromatic amines is 1. The van der Waals surface area contributed by atoms with Crippen molar-refractivity contribution >= 4 is 39.9 Å². The Bertz CT molecular complexity index is 1490. The second-order valence-electron chi connectivity index (χ2n) is 10.1. The smallest absolute Gasteiger partial charge is 0.166 e. The summed E-state index contributed by atoms with van der Waals surface area (Å²) < 4.78 is 27.0. The molecule has 0 spiro atoms. The van der Waals surface area contributed by atoms with Crippen LogP contribution in [0, 0.1) is 5.82 Å². The zero-order valence-electron chi connectivity index (χ0n) is 21.9. The minimum atomic E-state index is -0.509. The molecule has 9 nitrogen and oxygen atoms in total. The Kier molecular flexibility index (Phi) is 7.56. The Hall–Kier alpha value is -3.18. The maximum atomic E-state index is 15.2. The van der Waals surface area contributed by atoms with E-state index in [1.54, 1.807) is 32.4 Å². The molecule has 206 valence electrons. The van der Waals surface area contributed by atoms with Crippen molar-refractivity contribution in [1.82, 2.24) is 25.5 Å². The summed E-state index contributed by atoms with van der Waals surface area (Å²) in [5.41, 5.74) is 2.12. The van der Waals surface area contributed by atoms with Crippen molar-refractivity contribution in [3.63, 3.8) is 0 Å². The fraction of sp³-hybridized carbons (Fsp3) is 0.370. The number of hydrogen-bond acceptors (Lipinski definition) is 8. The summed E-state index contributed by atoms with van der Waals surface area (Å²) >= 11 is 12.6. The topological polar surface area (TPSA) is 108 Å². The number of nitrogens with one attached hydrogen (secondary N) is 2. The van der Waals surface area contributed by atoms with Crippen molar-refractivity contribution in [3.05, 3.63) is 58.2 Å². The fourth-order valence-electron chi connectivity index (χ4n) is 4.80. The Morgan fingerprint density at radius 2 is 1.87 bits per heavy atom. The van der Waals surface area contributed by atoms with Crippen molar-refractivity contribution in [2.24, 2.45) is 0 Å². The number of aliphatic hydroxyl groups excluding tert-OH is 1. The summed E-state index contributed by atoms with van der Waals surface area (Å²) in [5, 5.41) is 21.7. The number of aromatic nitrogens is 4. The lowest BCUT2D eigenvalue weighted by molar-refractivity contribution is 0.163. The Morgan fingerprint density at radius 3 is 2.51 bits per heavy atom. The number of β-amino-alcohol motifs (C(OH)–C–C–N with tert-alkyl or cyclic N) is 1. The summed E-state index contributed by atoms with van der Waals surface area (Å²) in [4.78, 5) is 10.3. The van der Waals surface area contributed by atoms with Gasteiger partial charge in [-0.3, -0.25) is 10.1 Å². The molecule has 1 aliphatic heterocycles. The lowest BCUT2D eigenvalue weighted by atomic mass is 9.92. The molecule has 1 aromatic carbocycles. The molecule has 39 heavy (non-hydrogen) atoms. The van der Waals surface area contributed by atoms with Gasteiger partial charge in [-0.25, -0.2) is 9.37 Å². The van der Waals surface area contributed by atoms with Crippen molar-refractivity contribution in [2.45, 2.75) is 38.5 Å². The van der Waals surface area contributed by atoms with Crippen LogP contribution in [-0.2, 0) is 0 Å². The van der Waals surface area contributed by atoms with E-state index in [0.717, 1.165) is 0 Å². The number of hydrogen-bond donors (Lipinski definition) is 3. The van der Waals surface area contributed by atoms with Crippen LogP contribution in [0.2, 0.25) is 10.0 Å².